The summed E-state index contributed by atoms with van der Waals surface area (Å²) in [6.45, 7) is 0. The van der Waals surface area contributed by atoms with Crippen molar-refractivity contribution >= 4 is 46.1 Å². The Balaban J connectivity index is 1.45. The van der Waals surface area contributed by atoms with Gasteiger partial charge in [-0.3, -0.25) is 14.4 Å². The fourth-order valence-electron chi connectivity index (χ4n) is 5.06. The number of esters is 1. The minimum atomic E-state index is -1.17. The highest BCUT2D eigenvalue weighted by Crippen LogP contribution is 2.45. The number of rotatable bonds is 7. The van der Waals surface area contributed by atoms with E-state index in [4.69, 9.17) is 9.84 Å². The molecule has 34 heavy (non-hydrogen) atoms. The zero-order valence-corrected chi connectivity index (χ0v) is 19.5. The summed E-state index contributed by atoms with van der Waals surface area (Å²) in [5.74, 6) is -1.37. The third-order valence-electron chi connectivity index (χ3n) is 6.54. The topological polar surface area (TPSA) is 92.7 Å². The highest BCUT2D eigenvalue weighted by Gasteiger charge is 2.41. The first-order chi connectivity index (χ1) is 16.4. The van der Waals surface area contributed by atoms with Crippen molar-refractivity contribution in [3.63, 3.8) is 0 Å². The maximum atomic E-state index is 12.5. The van der Waals surface area contributed by atoms with Crippen LogP contribution in [0.25, 0.3) is 10.8 Å². The maximum absolute atomic E-state index is 12.5. The van der Waals surface area contributed by atoms with Crippen LogP contribution in [-0.2, 0) is 37.6 Å². The molecule has 2 N–H and O–H groups in total. The lowest BCUT2D eigenvalue weighted by Gasteiger charge is -2.38. The van der Waals surface area contributed by atoms with Crippen LogP contribution in [0, 0.1) is 0 Å². The van der Waals surface area contributed by atoms with E-state index in [1.165, 1.54) is 16.5 Å². The molecule has 6 nitrogen and oxygen atoms in total. The number of carbonyl (C=O) groups is 3. The number of hydrogen-bond donors (Lipinski definition) is 2. The Labute approximate surface area is 201 Å². The molecule has 0 spiro atoms. The van der Waals surface area contributed by atoms with Gasteiger partial charge in [-0.2, -0.15) is 0 Å². The van der Waals surface area contributed by atoms with E-state index in [2.05, 4.69) is 35.6 Å². The summed E-state index contributed by atoms with van der Waals surface area (Å²) in [6.07, 6.45) is 3.45. The molecule has 0 aromatic heterocycles. The quantitative estimate of drug-likeness (QED) is 0.282. The van der Waals surface area contributed by atoms with Gasteiger partial charge in [0, 0.05) is 28.3 Å². The van der Waals surface area contributed by atoms with Crippen LogP contribution < -0.4 is 5.32 Å². The molecule has 2 aliphatic rings. The summed E-state index contributed by atoms with van der Waals surface area (Å²) in [5, 5.41) is 13.9. The predicted molar refractivity (Wildman–Crippen MR) is 131 cm³/mol. The average Bonchev–Trinajstić information content (AvgIpc) is 3.23. The Morgan fingerprint density at radius 1 is 1.03 bits per heavy atom. The number of aryl methyl sites for hydroxylation is 2. The van der Waals surface area contributed by atoms with Gasteiger partial charge >= 0.3 is 11.9 Å². The number of aliphatic carboxylic acids is 1. The van der Waals surface area contributed by atoms with E-state index >= 15 is 0 Å². The second-order valence-electron chi connectivity index (χ2n) is 8.87. The van der Waals surface area contributed by atoms with E-state index in [-0.39, 0.29) is 5.97 Å². The number of carbonyl (C=O) groups excluding carboxylic acids is 2. The first-order valence-corrected chi connectivity index (χ1v) is 12.4. The number of cyclic esters (lactones) is 1. The van der Waals surface area contributed by atoms with Gasteiger partial charge in [0.1, 0.15) is 12.0 Å². The molecule has 1 aliphatic heterocycles. The van der Waals surface area contributed by atoms with Crippen molar-refractivity contribution in [3.8, 4) is 0 Å². The van der Waals surface area contributed by atoms with Crippen molar-refractivity contribution in [3.05, 3.63) is 71.3 Å². The van der Waals surface area contributed by atoms with Gasteiger partial charge in [-0.15, -0.1) is 11.8 Å². The van der Waals surface area contributed by atoms with Crippen LogP contribution in [0.2, 0.25) is 0 Å². The lowest BCUT2D eigenvalue weighted by Crippen LogP contribution is -2.38. The second kappa shape index (κ2) is 9.14. The Kier molecular flexibility index (Phi) is 6.04. The van der Waals surface area contributed by atoms with Crippen molar-refractivity contribution in [2.45, 2.75) is 49.0 Å². The number of nitrogens with one attached hydrogen (secondary N) is 1. The fraction of sp³-hybridized carbons (Fsp3) is 0.296. The minimum absolute atomic E-state index is 0.176. The van der Waals surface area contributed by atoms with Crippen LogP contribution in [0.15, 0.2) is 59.5 Å². The number of ether oxygens (including phenoxy) is 1. The maximum Gasteiger partial charge on any atom is 0.312 e. The molecule has 0 radical (unpaired) electrons. The molecule has 1 aliphatic carbocycles. The van der Waals surface area contributed by atoms with Crippen molar-refractivity contribution in [1.29, 1.82) is 0 Å². The predicted octanol–water partition coefficient (Wildman–Crippen LogP) is 5.07. The van der Waals surface area contributed by atoms with E-state index in [1.54, 1.807) is 17.8 Å². The zero-order valence-electron chi connectivity index (χ0n) is 18.6. The van der Waals surface area contributed by atoms with Gasteiger partial charge in [0.05, 0.1) is 0 Å². The Morgan fingerprint density at radius 3 is 2.62 bits per heavy atom. The number of anilines is 1. The molecule has 3 aromatic rings. The fourth-order valence-corrected chi connectivity index (χ4v) is 6.20. The van der Waals surface area contributed by atoms with Crippen molar-refractivity contribution in [2.75, 3.05) is 11.1 Å². The minimum Gasteiger partial charge on any atom is -0.481 e. The third kappa shape index (κ3) is 4.40. The first-order valence-electron chi connectivity index (χ1n) is 11.4. The largest absolute Gasteiger partial charge is 0.481 e. The molecule has 7 heteroatoms. The lowest BCUT2D eigenvalue weighted by atomic mass is 9.84. The standard InChI is InChI=1S/C27H25NO5S/c29-23(15-24(30)31)28-19-5-2-6-20(14-19)34-16-27(13-3-8-25(32)33-27)22-12-11-18-10-9-17-4-1-7-21(22)26(17)18/h1-2,4-7,11-12,14H,3,8-10,13,15-16H2,(H,28,29)(H,30,31). The average molecular weight is 476 g/mol. The summed E-state index contributed by atoms with van der Waals surface area (Å²) in [4.78, 5) is 36.0. The highest BCUT2D eigenvalue weighted by molar-refractivity contribution is 7.99. The van der Waals surface area contributed by atoms with E-state index in [9.17, 15) is 14.4 Å². The first kappa shape index (κ1) is 22.5. The summed E-state index contributed by atoms with van der Waals surface area (Å²) >= 11 is 1.57. The monoisotopic (exact) mass is 475 g/mol. The second-order valence-corrected chi connectivity index (χ2v) is 9.92. The van der Waals surface area contributed by atoms with Crippen molar-refractivity contribution < 1.29 is 24.2 Å². The third-order valence-corrected chi connectivity index (χ3v) is 7.74. The van der Waals surface area contributed by atoms with Gasteiger partial charge < -0.3 is 15.2 Å². The Bertz CT molecular complexity index is 1290. The number of carboxylic acid groups (broad SMARTS) is 1. The smallest absolute Gasteiger partial charge is 0.312 e. The van der Waals surface area contributed by atoms with E-state index < -0.39 is 23.9 Å². The van der Waals surface area contributed by atoms with Gasteiger partial charge in [-0.25, -0.2) is 0 Å². The van der Waals surface area contributed by atoms with Gasteiger partial charge in [-0.1, -0.05) is 36.4 Å². The number of amides is 1. The lowest BCUT2D eigenvalue weighted by molar-refractivity contribution is -0.165. The molecule has 3 aromatic carbocycles. The molecular formula is C27H25NO5S. The number of hydrogen-bond acceptors (Lipinski definition) is 5. The summed E-state index contributed by atoms with van der Waals surface area (Å²) < 4.78 is 6.13. The summed E-state index contributed by atoms with van der Waals surface area (Å²) in [7, 11) is 0. The number of benzene rings is 3. The van der Waals surface area contributed by atoms with Gasteiger partial charge in [0.2, 0.25) is 5.91 Å². The van der Waals surface area contributed by atoms with E-state index in [0.717, 1.165) is 41.5 Å². The molecule has 1 saturated heterocycles. The SMILES string of the molecule is O=C(O)CC(=O)Nc1cccc(SCC2(c3ccc4c5c(cccc35)CC4)CCCC(=O)O2)c1. The summed E-state index contributed by atoms with van der Waals surface area (Å²) in [5.41, 5.74) is 3.56. The van der Waals surface area contributed by atoms with Gasteiger partial charge in [0.25, 0.3) is 0 Å². The molecule has 1 heterocycles. The van der Waals surface area contributed by atoms with E-state index in [1.807, 2.05) is 18.2 Å². The van der Waals surface area contributed by atoms with Crippen LogP contribution in [-0.4, -0.2) is 28.7 Å². The Hall–Kier alpha value is -3.32. The van der Waals surface area contributed by atoms with Gasteiger partial charge in [-0.05, 0) is 65.8 Å². The van der Waals surface area contributed by atoms with Crippen LogP contribution >= 0.6 is 11.8 Å². The molecular weight excluding hydrogens is 450 g/mol. The molecule has 0 saturated carbocycles. The normalized spacial score (nSPS) is 19.1. The highest BCUT2D eigenvalue weighted by atomic mass is 32.2. The summed E-state index contributed by atoms with van der Waals surface area (Å²) in [6, 6.07) is 18.0. The number of thioether (sulfide) groups is 1. The van der Waals surface area contributed by atoms with Crippen molar-refractivity contribution in [1.82, 2.24) is 0 Å². The molecule has 5 rings (SSSR count). The van der Waals surface area contributed by atoms with Crippen LogP contribution in [0.3, 0.4) is 0 Å². The molecule has 1 atom stereocenters. The Morgan fingerprint density at radius 2 is 1.82 bits per heavy atom. The molecule has 1 fully saturated rings. The van der Waals surface area contributed by atoms with Crippen molar-refractivity contribution in [2.24, 2.45) is 0 Å². The van der Waals surface area contributed by atoms with E-state index in [0.29, 0.717) is 17.9 Å². The van der Waals surface area contributed by atoms with Crippen LogP contribution in [0.4, 0.5) is 5.69 Å². The molecule has 1 amide bonds. The van der Waals surface area contributed by atoms with Crippen LogP contribution in [0.1, 0.15) is 42.4 Å². The van der Waals surface area contributed by atoms with Crippen LogP contribution in [0.5, 0.6) is 0 Å². The zero-order chi connectivity index (χ0) is 23.7. The molecule has 174 valence electrons. The molecule has 0 bridgehead atoms. The number of carboxylic acids is 1. The van der Waals surface area contributed by atoms with Gasteiger partial charge in [0.15, 0.2) is 0 Å². The molecule has 1 unspecified atom stereocenters.